The SMILES string of the molecule is CC(C)OCCNc1ccc(Cl)c(F)c1. The monoisotopic (exact) mass is 231 g/mol. The van der Waals surface area contributed by atoms with Gasteiger partial charge in [-0.05, 0) is 32.0 Å². The predicted molar refractivity (Wildman–Crippen MR) is 61.0 cm³/mol. The Kier molecular flexibility index (Phi) is 4.85. The first-order valence-electron chi connectivity index (χ1n) is 4.90. The van der Waals surface area contributed by atoms with Gasteiger partial charge in [0.15, 0.2) is 0 Å². The molecule has 0 amide bonds. The number of rotatable bonds is 5. The zero-order valence-electron chi connectivity index (χ0n) is 8.89. The van der Waals surface area contributed by atoms with Crippen LogP contribution in [0.2, 0.25) is 5.02 Å². The highest BCUT2D eigenvalue weighted by Crippen LogP contribution is 2.18. The van der Waals surface area contributed by atoms with E-state index in [-0.39, 0.29) is 11.1 Å². The molecule has 84 valence electrons. The normalized spacial score (nSPS) is 10.7. The summed E-state index contributed by atoms with van der Waals surface area (Å²) in [5.41, 5.74) is 0.712. The molecule has 1 rings (SSSR count). The third-order valence-corrected chi connectivity index (χ3v) is 2.11. The Morgan fingerprint density at radius 3 is 2.80 bits per heavy atom. The van der Waals surface area contributed by atoms with Crippen LogP contribution in [0.15, 0.2) is 18.2 Å². The fraction of sp³-hybridized carbons (Fsp3) is 0.455. The molecule has 15 heavy (non-hydrogen) atoms. The number of halogens is 2. The van der Waals surface area contributed by atoms with Gasteiger partial charge in [-0.25, -0.2) is 4.39 Å². The Hall–Kier alpha value is -0.800. The zero-order chi connectivity index (χ0) is 11.3. The van der Waals surface area contributed by atoms with E-state index in [1.165, 1.54) is 12.1 Å². The van der Waals surface area contributed by atoms with Crippen molar-refractivity contribution in [2.24, 2.45) is 0 Å². The van der Waals surface area contributed by atoms with Crippen LogP contribution in [0.5, 0.6) is 0 Å². The van der Waals surface area contributed by atoms with Crippen molar-refractivity contribution in [3.05, 3.63) is 29.0 Å². The second-order valence-electron chi connectivity index (χ2n) is 3.48. The van der Waals surface area contributed by atoms with Crippen LogP contribution in [-0.2, 0) is 4.74 Å². The lowest BCUT2D eigenvalue weighted by Crippen LogP contribution is -2.13. The lowest BCUT2D eigenvalue weighted by Gasteiger charge is -2.09. The zero-order valence-corrected chi connectivity index (χ0v) is 9.64. The summed E-state index contributed by atoms with van der Waals surface area (Å²) in [6, 6.07) is 4.64. The molecular formula is C11H15ClFNO. The van der Waals surface area contributed by atoms with Crippen LogP contribution in [0.1, 0.15) is 13.8 Å². The molecule has 1 N–H and O–H groups in total. The third-order valence-electron chi connectivity index (χ3n) is 1.80. The highest BCUT2D eigenvalue weighted by molar-refractivity contribution is 6.30. The van der Waals surface area contributed by atoms with E-state index >= 15 is 0 Å². The molecule has 0 saturated carbocycles. The molecule has 0 bridgehead atoms. The van der Waals surface area contributed by atoms with Crippen molar-refractivity contribution in [2.45, 2.75) is 20.0 Å². The molecule has 0 aliphatic heterocycles. The average Bonchev–Trinajstić information content (AvgIpc) is 2.18. The molecule has 0 fully saturated rings. The van der Waals surface area contributed by atoms with Gasteiger partial charge in [-0.1, -0.05) is 11.6 Å². The maximum atomic E-state index is 13.0. The van der Waals surface area contributed by atoms with Crippen LogP contribution in [0, 0.1) is 5.82 Å². The van der Waals surface area contributed by atoms with E-state index in [0.717, 1.165) is 0 Å². The molecule has 1 aromatic carbocycles. The van der Waals surface area contributed by atoms with E-state index < -0.39 is 5.82 Å². The molecule has 0 aromatic heterocycles. The van der Waals surface area contributed by atoms with Gasteiger partial charge in [0.25, 0.3) is 0 Å². The summed E-state index contributed by atoms with van der Waals surface area (Å²) in [6.45, 7) is 5.20. The molecule has 0 saturated heterocycles. The molecule has 0 spiro atoms. The number of hydrogen-bond acceptors (Lipinski definition) is 2. The Morgan fingerprint density at radius 1 is 1.47 bits per heavy atom. The number of hydrogen-bond donors (Lipinski definition) is 1. The second kappa shape index (κ2) is 5.93. The topological polar surface area (TPSA) is 21.3 Å². The maximum Gasteiger partial charge on any atom is 0.143 e. The molecule has 1 aromatic rings. The van der Waals surface area contributed by atoms with Crippen LogP contribution in [0.4, 0.5) is 10.1 Å². The van der Waals surface area contributed by atoms with E-state index in [1.54, 1.807) is 6.07 Å². The van der Waals surface area contributed by atoms with E-state index in [2.05, 4.69) is 5.32 Å². The van der Waals surface area contributed by atoms with Gasteiger partial charge < -0.3 is 10.1 Å². The van der Waals surface area contributed by atoms with Gasteiger partial charge in [-0.3, -0.25) is 0 Å². The van der Waals surface area contributed by atoms with Gasteiger partial charge in [0.2, 0.25) is 0 Å². The van der Waals surface area contributed by atoms with Crippen LogP contribution in [-0.4, -0.2) is 19.3 Å². The van der Waals surface area contributed by atoms with Crippen molar-refractivity contribution >= 4 is 17.3 Å². The smallest absolute Gasteiger partial charge is 0.143 e. The van der Waals surface area contributed by atoms with Crippen molar-refractivity contribution in [3.8, 4) is 0 Å². The highest BCUT2D eigenvalue weighted by Gasteiger charge is 2.00. The van der Waals surface area contributed by atoms with Gasteiger partial charge in [0, 0.05) is 12.2 Å². The van der Waals surface area contributed by atoms with E-state index in [9.17, 15) is 4.39 Å². The minimum Gasteiger partial charge on any atom is -0.383 e. The molecule has 4 heteroatoms. The lowest BCUT2D eigenvalue weighted by atomic mass is 10.3. The van der Waals surface area contributed by atoms with Crippen molar-refractivity contribution in [1.29, 1.82) is 0 Å². The predicted octanol–water partition coefficient (Wildman–Crippen LogP) is 3.32. The van der Waals surface area contributed by atoms with Gasteiger partial charge in [-0.15, -0.1) is 0 Å². The fourth-order valence-electron chi connectivity index (χ4n) is 1.10. The van der Waals surface area contributed by atoms with Gasteiger partial charge in [0.05, 0.1) is 17.7 Å². The van der Waals surface area contributed by atoms with Crippen molar-refractivity contribution in [2.75, 3.05) is 18.5 Å². The van der Waals surface area contributed by atoms with E-state index in [0.29, 0.717) is 18.8 Å². The van der Waals surface area contributed by atoms with Gasteiger partial charge in [0.1, 0.15) is 5.82 Å². The Balaban J connectivity index is 2.35. The summed E-state index contributed by atoms with van der Waals surface area (Å²) in [5.74, 6) is -0.411. The van der Waals surface area contributed by atoms with E-state index in [1.807, 2.05) is 13.8 Å². The minimum absolute atomic E-state index is 0.138. The molecule has 0 radical (unpaired) electrons. The third kappa shape index (κ3) is 4.49. The summed E-state index contributed by atoms with van der Waals surface area (Å²) in [7, 11) is 0. The largest absolute Gasteiger partial charge is 0.383 e. The molecule has 0 aliphatic carbocycles. The maximum absolute atomic E-state index is 13.0. The summed E-state index contributed by atoms with van der Waals surface area (Å²) in [5, 5.41) is 3.18. The first-order chi connectivity index (χ1) is 7.09. The summed E-state index contributed by atoms with van der Waals surface area (Å²) in [6.07, 6.45) is 0.216. The quantitative estimate of drug-likeness (QED) is 0.785. The fourth-order valence-corrected chi connectivity index (χ4v) is 1.21. The highest BCUT2D eigenvalue weighted by atomic mass is 35.5. The molecule has 2 nitrogen and oxygen atoms in total. The number of anilines is 1. The first-order valence-corrected chi connectivity index (χ1v) is 5.28. The summed E-state index contributed by atoms with van der Waals surface area (Å²) >= 11 is 5.56. The molecule has 0 unspecified atom stereocenters. The number of ether oxygens (including phenoxy) is 1. The lowest BCUT2D eigenvalue weighted by molar-refractivity contribution is 0.0870. The second-order valence-corrected chi connectivity index (χ2v) is 3.88. The van der Waals surface area contributed by atoms with Crippen molar-refractivity contribution in [3.63, 3.8) is 0 Å². The molecular weight excluding hydrogens is 217 g/mol. The van der Waals surface area contributed by atoms with Crippen LogP contribution in [0.3, 0.4) is 0 Å². The molecule has 0 heterocycles. The standard InChI is InChI=1S/C11H15ClFNO/c1-8(2)15-6-5-14-9-3-4-10(12)11(13)7-9/h3-4,7-8,14H,5-6H2,1-2H3. The van der Waals surface area contributed by atoms with E-state index in [4.69, 9.17) is 16.3 Å². The van der Waals surface area contributed by atoms with Crippen LogP contribution in [0.25, 0.3) is 0 Å². The van der Waals surface area contributed by atoms with Crippen LogP contribution >= 0.6 is 11.6 Å². The Bertz CT molecular complexity index is 317. The number of benzene rings is 1. The van der Waals surface area contributed by atoms with Gasteiger partial charge >= 0.3 is 0 Å². The summed E-state index contributed by atoms with van der Waals surface area (Å²) in [4.78, 5) is 0. The Labute approximate surface area is 94.4 Å². The molecule has 0 aliphatic rings. The van der Waals surface area contributed by atoms with Crippen molar-refractivity contribution in [1.82, 2.24) is 0 Å². The van der Waals surface area contributed by atoms with Crippen LogP contribution < -0.4 is 5.32 Å². The first kappa shape index (κ1) is 12.3. The number of nitrogens with one attached hydrogen (secondary N) is 1. The summed E-state index contributed by atoms with van der Waals surface area (Å²) < 4.78 is 18.3. The van der Waals surface area contributed by atoms with Crippen molar-refractivity contribution < 1.29 is 9.13 Å². The van der Waals surface area contributed by atoms with Gasteiger partial charge in [-0.2, -0.15) is 0 Å². The average molecular weight is 232 g/mol. The molecule has 0 atom stereocenters. The Morgan fingerprint density at radius 2 is 2.20 bits per heavy atom. The minimum atomic E-state index is -0.411.